The van der Waals surface area contributed by atoms with E-state index >= 15 is 0 Å². The lowest BCUT2D eigenvalue weighted by Gasteiger charge is -2.25. The topological polar surface area (TPSA) is 80.8 Å². The Bertz CT molecular complexity index is 1600. The van der Waals surface area contributed by atoms with E-state index < -0.39 is 23.5 Å². The Hall–Kier alpha value is -3.64. The van der Waals surface area contributed by atoms with Gasteiger partial charge in [0.25, 0.3) is 0 Å². The molecule has 45 heavy (non-hydrogen) atoms. The van der Waals surface area contributed by atoms with Gasteiger partial charge >= 0.3 is 17.9 Å². The molecule has 3 aromatic carbocycles. The molecule has 0 aliphatic carbocycles. The molecule has 0 aliphatic rings. The fraction of sp³-hybridized carbons (Fsp3) is 0.344. The zero-order valence-electron chi connectivity index (χ0n) is 25.1. The van der Waals surface area contributed by atoms with Gasteiger partial charge in [0.1, 0.15) is 5.75 Å². The van der Waals surface area contributed by atoms with E-state index in [1.54, 1.807) is 18.2 Å². The van der Waals surface area contributed by atoms with E-state index in [4.69, 9.17) is 20.8 Å². The van der Waals surface area contributed by atoms with Crippen LogP contribution < -0.4 is 10.5 Å². The number of nitrogens with zero attached hydrogens (tertiary/aromatic N) is 4. The van der Waals surface area contributed by atoms with Crippen molar-refractivity contribution >= 4 is 30.0 Å². The van der Waals surface area contributed by atoms with E-state index in [0.717, 1.165) is 61.6 Å². The first-order valence-electron chi connectivity index (χ1n) is 14.3. The molecule has 13 heteroatoms. The summed E-state index contributed by atoms with van der Waals surface area (Å²) >= 11 is 6.19. The number of esters is 1. The quantitative estimate of drug-likeness (QED) is 0.112. The summed E-state index contributed by atoms with van der Waals surface area (Å²) in [7, 11) is 0. The van der Waals surface area contributed by atoms with Crippen molar-refractivity contribution in [3.63, 3.8) is 0 Å². The zero-order valence-corrected chi connectivity index (χ0v) is 26.7. The number of aromatic nitrogens is 2. The van der Waals surface area contributed by atoms with Gasteiger partial charge < -0.3 is 14.1 Å². The first kappa shape index (κ1) is 35.8. The molecule has 0 saturated carbocycles. The van der Waals surface area contributed by atoms with Gasteiger partial charge in [-0.2, -0.15) is 17.9 Å². The Labute approximate surface area is 270 Å². The second-order valence-electron chi connectivity index (χ2n) is 10.1. The van der Waals surface area contributed by atoms with Crippen molar-refractivity contribution in [3.8, 4) is 17.2 Å². The third-order valence-corrected chi connectivity index (χ3v) is 7.52. The molecule has 8 nitrogen and oxygen atoms in total. The van der Waals surface area contributed by atoms with Crippen LogP contribution in [-0.2, 0) is 19.3 Å². The van der Waals surface area contributed by atoms with Crippen LogP contribution in [0.4, 0.5) is 13.2 Å². The molecular weight excluding hydrogens is 632 g/mol. The lowest BCUT2D eigenvalue weighted by Crippen LogP contribution is -2.34. The molecule has 4 rings (SSSR count). The molecule has 0 saturated heterocycles. The van der Waals surface area contributed by atoms with Gasteiger partial charge in [0.05, 0.1) is 17.7 Å². The Morgan fingerprint density at radius 3 is 2.16 bits per heavy atom. The van der Waals surface area contributed by atoms with Gasteiger partial charge in [0.15, 0.2) is 0 Å². The number of alkyl halides is 3. The highest BCUT2D eigenvalue weighted by Gasteiger charge is 2.30. The van der Waals surface area contributed by atoms with E-state index in [9.17, 15) is 22.8 Å². The Morgan fingerprint density at radius 1 is 0.933 bits per heavy atom. The second-order valence-corrected chi connectivity index (χ2v) is 10.6. The summed E-state index contributed by atoms with van der Waals surface area (Å²) in [6.07, 6.45) is -4.50. The zero-order chi connectivity index (χ0) is 31.9. The van der Waals surface area contributed by atoms with E-state index in [0.29, 0.717) is 16.1 Å². The third kappa shape index (κ3) is 9.67. The van der Waals surface area contributed by atoms with Gasteiger partial charge in [-0.25, -0.2) is 9.59 Å². The van der Waals surface area contributed by atoms with Gasteiger partial charge in [-0.3, -0.25) is 4.90 Å². The van der Waals surface area contributed by atoms with Crippen molar-refractivity contribution < 1.29 is 27.1 Å². The summed E-state index contributed by atoms with van der Waals surface area (Å²) in [6.45, 7) is 11.9. The van der Waals surface area contributed by atoms with Crippen LogP contribution in [0.15, 0.2) is 75.9 Å². The molecule has 0 radical (unpaired) electrons. The molecule has 0 fully saturated rings. The Balaban J connectivity index is 0.00000552. The second kappa shape index (κ2) is 16.1. The van der Waals surface area contributed by atoms with Crippen LogP contribution in [0.5, 0.6) is 5.75 Å². The maximum absolute atomic E-state index is 13.0. The summed E-state index contributed by atoms with van der Waals surface area (Å²) in [6, 6.07) is 15.9. The first-order valence-corrected chi connectivity index (χ1v) is 14.7. The summed E-state index contributed by atoms with van der Waals surface area (Å²) in [4.78, 5) is 30.3. The smallest absolute Gasteiger partial charge is 0.423 e. The fourth-order valence-electron chi connectivity index (χ4n) is 4.59. The van der Waals surface area contributed by atoms with Crippen LogP contribution in [0.2, 0.25) is 5.02 Å². The number of carbonyl (C=O) groups excluding carboxylic acids is 1. The summed E-state index contributed by atoms with van der Waals surface area (Å²) < 4.78 is 50.5. The van der Waals surface area contributed by atoms with Crippen molar-refractivity contribution in [1.29, 1.82) is 0 Å². The number of likely N-dealkylation sites (N-methyl/N-ethyl adjacent to an activating group) is 2. The van der Waals surface area contributed by atoms with E-state index in [-0.39, 0.29) is 36.2 Å². The van der Waals surface area contributed by atoms with Crippen molar-refractivity contribution in [1.82, 2.24) is 19.6 Å². The Morgan fingerprint density at radius 2 is 1.56 bits per heavy atom. The lowest BCUT2D eigenvalue weighted by atomic mass is 10.1. The number of hydrogen-bond acceptors (Lipinski definition) is 7. The predicted molar refractivity (Wildman–Crippen MR) is 169 cm³/mol. The maximum atomic E-state index is 13.0. The molecule has 1 heterocycles. The molecule has 0 unspecified atom stereocenters. The van der Waals surface area contributed by atoms with Crippen molar-refractivity contribution in [2.75, 3.05) is 32.7 Å². The van der Waals surface area contributed by atoms with Crippen molar-refractivity contribution in [3.05, 3.63) is 105 Å². The highest BCUT2D eigenvalue weighted by Crippen LogP contribution is 2.31. The summed E-state index contributed by atoms with van der Waals surface area (Å²) in [5, 5.41) is 4.45. The van der Waals surface area contributed by atoms with E-state index in [1.807, 2.05) is 12.1 Å². The normalized spacial score (nSPS) is 11.6. The molecule has 4 aromatic rings. The minimum absolute atomic E-state index is 0. The predicted octanol–water partition coefficient (Wildman–Crippen LogP) is 7.03. The van der Waals surface area contributed by atoms with E-state index in [2.05, 4.69) is 35.7 Å². The molecule has 242 valence electrons. The SMILES string of the molecule is CCN(CC)CCN(CC)Cc1ccc(C(=O)Oc2ccc(Cl)cc2Cn2nc(-c3ccc(C(F)(F)F)cc3)oc2=O)cc1.Cl. The average molecular weight is 668 g/mol. The fourth-order valence-corrected chi connectivity index (χ4v) is 4.79. The molecule has 0 N–H and O–H groups in total. The maximum Gasteiger partial charge on any atom is 0.437 e. The van der Waals surface area contributed by atoms with Crippen LogP contribution in [0.25, 0.3) is 11.5 Å². The highest BCUT2D eigenvalue weighted by atomic mass is 35.5. The molecule has 0 aliphatic heterocycles. The number of hydrogen-bond donors (Lipinski definition) is 0. The molecule has 0 amide bonds. The van der Waals surface area contributed by atoms with Crippen LogP contribution in [-0.4, -0.2) is 58.3 Å². The van der Waals surface area contributed by atoms with Crippen LogP contribution in [0, 0.1) is 0 Å². The van der Waals surface area contributed by atoms with Crippen molar-refractivity contribution in [2.45, 2.75) is 40.0 Å². The molecular formula is C32H35Cl2F3N4O4. The molecule has 1 aromatic heterocycles. The largest absolute Gasteiger partial charge is 0.437 e. The van der Waals surface area contributed by atoms with Crippen LogP contribution in [0.3, 0.4) is 0 Å². The van der Waals surface area contributed by atoms with Gasteiger partial charge in [-0.15, -0.1) is 17.5 Å². The number of ether oxygens (including phenoxy) is 1. The number of benzene rings is 3. The molecule has 0 bridgehead atoms. The summed E-state index contributed by atoms with van der Waals surface area (Å²) in [5.74, 6) is -1.42. The lowest BCUT2D eigenvalue weighted by molar-refractivity contribution is -0.137. The minimum Gasteiger partial charge on any atom is -0.423 e. The van der Waals surface area contributed by atoms with Gasteiger partial charge in [0, 0.05) is 35.8 Å². The van der Waals surface area contributed by atoms with E-state index in [1.165, 1.54) is 24.3 Å². The minimum atomic E-state index is -4.50. The number of halogens is 5. The van der Waals surface area contributed by atoms with Gasteiger partial charge in [-0.05, 0) is 79.8 Å². The standard InChI is InChI=1S/C32H34ClF3N4O4.ClH/c1-4-38(5-2)17-18-39(6-3)20-22-7-9-24(10-8-22)30(41)43-28-16-15-27(33)19-25(28)21-40-31(42)44-29(37-40)23-11-13-26(14-12-23)32(34,35)36;/h7-16,19H,4-6,17-18,20-21H2,1-3H3;1H. The number of rotatable bonds is 13. The van der Waals surface area contributed by atoms with Crippen LogP contribution >= 0.6 is 24.0 Å². The van der Waals surface area contributed by atoms with Crippen molar-refractivity contribution in [2.24, 2.45) is 0 Å². The third-order valence-electron chi connectivity index (χ3n) is 7.28. The monoisotopic (exact) mass is 666 g/mol. The van der Waals surface area contributed by atoms with Crippen LogP contribution in [0.1, 0.15) is 47.8 Å². The summed E-state index contributed by atoms with van der Waals surface area (Å²) in [5.41, 5.74) is 1.16. The van der Waals surface area contributed by atoms with Gasteiger partial charge in [0.2, 0.25) is 5.89 Å². The molecule has 0 atom stereocenters. The first-order chi connectivity index (χ1) is 21.0. The van der Waals surface area contributed by atoms with Gasteiger partial charge in [-0.1, -0.05) is 44.5 Å². The molecule has 0 spiro atoms. The number of carbonyl (C=O) groups is 1. The highest BCUT2D eigenvalue weighted by molar-refractivity contribution is 6.30. The average Bonchev–Trinajstić information content (AvgIpc) is 3.37. The Kier molecular flexibility index (Phi) is 12.8.